The summed E-state index contributed by atoms with van der Waals surface area (Å²) >= 11 is 6.22. The molecule has 0 bridgehead atoms. The first-order chi connectivity index (χ1) is 11.4. The molecule has 0 aliphatic carbocycles. The number of benzene rings is 1. The lowest BCUT2D eigenvalue weighted by molar-refractivity contribution is 0.0693. The maximum Gasteiger partial charge on any atom is 0.339 e. The number of halogens is 1. The molecule has 1 aromatic carbocycles. The van der Waals surface area contributed by atoms with Crippen LogP contribution in [0.25, 0.3) is 11.0 Å². The molecule has 7 nitrogen and oxygen atoms in total. The highest BCUT2D eigenvalue weighted by Gasteiger charge is 2.16. The van der Waals surface area contributed by atoms with Crippen LogP contribution in [0.2, 0.25) is 5.02 Å². The van der Waals surface area contributed by atoms with E-state index < -0.39 is 5.97 Å². The Morgan fingerprint density at radius 1 is 1.29 bits per heavy atom. The van der Waals surface area contributed by atoms with Crippen LogP contribution in [0.15, 0.2) is 18.2 Å². The van der Waals surface area contributed by atoms with Crippen LogP contribution < -0.4 is 10.1 Å². The molecule has 0 aliphatic rings. The number of aromatic amines is 1. The van der Waals surface area contributed by atoms with Crippen LogP contribution >= 0.6 is 11.6 Å². The third-order valence-corrected chi connectivity index (χ3v) is 3.82. The molecule has 24 heavy (non-hydrogen) atoms. The van der Waals surface area contributed by atoms with Crippen molar-refractivity contribution in [1.82, 2.24) is 15.0 Å². The van der Waals surface area contributed by atoms with E-state index in [2.05, 4.69) is 20.3 Å². The van der Waals surface area contributed by atoms with Crippen LogP contribution in [0.3, 0.4) is 0 Å². The van der Waals surface area contributed by atoms with Gasteiger partial charge in [-0.3, -0.25) is 0 Å². The predicted octanol–water partition coefficient (Wildman–Crippen LogP) is 3.68. The zero-order chi connectivity index (χ0) is 17.4. The van der Waals surface area contributed by atoms with Crippen molar-refractivity contribution in [2.75, 3.05) is 12.4 Å². The summed E-state index contributed by atoms with van der Waals surface area (Å²) in [5.74, 6) is 0.273. The Morgan fingerprint density at radius 2 is 2.04 bits per heavy atom. The van der Waals surface area contributed by atoms with Gasteiger partial charge in [0, 0.05) is 11.8 Å². The topological polar surface area (TPSA) is 100 Å². The lowest BCUT2D eigenvalue weighted by atomic mass is 10.1. The summed E-state index contributed by atoms with van der Waals surface area (Å²) in [5, 5.41) is 13.4. The van der Waals surface area contributed by atoms with E-state index in [0.717, 1.165) is 11.1 Å². The highest BCUT2D eigenvalue weighted by molar-refractivity contribution is 6.33. The molecule has 0 fully saturated rings. The number of H-pyrrole nitrogens is 1. The zero-order valence-corrected chi connectivity index (χ0v) is 14.0. The second-order valence-corrected chi connectivity index (χ2v) is 5.70. The molecule has 8 heteroatoms. The molecule has 3 aromatic rings. The molecule has 0 spiro atoms. The van der Waals surface area contributed by atoms with E-state index in [1.807, 2.05) is 13.0 Å². The number of aryl methyl sites for hydroxylation is 2. The highest BCUT2D eigenvalue weighted by Crippen LogP contribution is 2.34. The lowest BCUT2D eigenvalue weighted by Crippen LogP contribution is -2.03. The quantitative estimate of drug-likeness (QED) is 0.666. The van der Waals surface area contributed by atoms with Gasteiger partial charge in [0.2, 0.25) is 0 Å². The van der Waals surface area contributed by atoms with Crippen molar-refractivity contribution in [3.8, 4) is 5.75 Å². The number of aromatic carboxylic acids is 1. The summed E-state index contributed by atoms with van der Waals surface area (Å²) < 4.78 is 5.14. The van der Waals surface area contributed by atoms with Crippen LogP contribution in [-0.2, 0) is 0 Å². The maximum atomic E-state index is 11.2. The van der Waals surface area contributed by atoms with Gasteiger partial charge in [0.1, 0.15) is 28.6 Å². The number of carbonyl (C=O) groups is 1. The van der Waals surface area contributed by atoms with Gasteiger partial charge in [0.25, 0.3) is 0 Å². The second-order valence-electron chi connectivity index (χ2n) is 5.30. The standard InChI is InChI=1S/C16H15ClN4O3/c1-7-4-10-14(18-7)19-8(2)20-15(10)21-12-6-13(24-3)9(16(22)23)5-11(12)17/h4-6H,1-3H3,(H,22,23)(H2,18,19,20,21). The van der Waals surface area contributed by atoms with Gasteiger partial charge in [-0.2, -0.15) is 0 Å². The summed E-state index contributed by atoms with van der Waals surface area (Å²) in [6.45, 7) is 3.72. The molecule has 0 atom stereocenters. The molecule has 0 saturated heterocycles. The van der Waals surface area contributed by atoms with Crippen molar-refractivity contribution in [2.45, 2.75) is 13.8 Å². The van der Waals surface area contributed by atoms with Gasteiger partial charge in [-0.15, -0.1) is 0 Å². The van der Waals surface area contributed by atoms with Gasteiger partial charge >= 0.3 is 5.97 Å². The number of hydrogen-bond acceptors (Lipinski definition) is 5. The van der Waals surface area contributed by atoms with Crippen LogP contribution in [0.1, 0.15) is 21.9 Å². The van der Waals surface area contributed by atoms with E-state index in [4.69, 9.17) is 16.3 Å². The first-order valence-corrected chi connectivity index (χ1v) is 7.48. The molecule has 3 N–H and O–H groups in total. The summed E-state index contributed by atoms with van der Waals surface area (Å²) in [4.78, 5) is 23.2. The molecule has 3 rings (SSSR count). The SMILES string of the molecule is COc1cc(Nc2nc(C)nc3[nH]c(C)cc23)c(Cl)cc1C(=O)O. The van der Waals surface area contributed by atoms with E-state index >= 15 is 0 Å². The zero-order valence-electron chi connectivity index (χ0n) is 13.3. The molecule has 0 unspecified atom stereocenters. The Labute approximate surface area is 142 Å². The number of ether oxygens (including phenoxy) is 1. The number of fused-ring (bicyclic) bond motifs is 1. The fraction of sp³-hybridized carbons (Fsp3) is 0.188. The average Bonchev–Trinajstić information content (AvgIpc) is 2.88. The highest BCUT2D eigenvalue weighted by atomic mass is 35.5. The largest absolute Gasteiger partial charge is 0.496 e. The fourth-order valence-electron chi connectivity index (χ4n) is 2.46. The number of nitrogens with one attached hydrogen (secondary N) is 2. The number of methoxy groups -OCH3 is 1. The molecule has 124 valence electrons. The maximum absolute atomic E-state index is 11.2. The summed E-state index contributed by atoms with van der Waals surface area (Å²) in [6.07, 6.45) is 0. The van der Waals surface area contributed by atoms with Gasteiger partial charge in [0.05, 0.1) is 23.2 Å². The van der Waals surface area contributed by atoms with Gasteiger partial charge in [-0.1, -0.05) is 11.6 Å². The first kappa shape index (κ1) is 16.1. The Balaban J connectivity index is 2.10. The van der Waals surface area contributed by atoms with Crippen LogP contribution in [-0.4, -0.2) is 33.1 Å². The smallest absolute Gasteiger partial charge is 0.339 e. The molecule has 2 heterocycles. The summed E-state index contributed by atoms with van der Waals surface area (Å²) in [5.41, 5.74) is 2.16. The van der Waals surface area contributed by atoms with Gasteiger partial charge in [-0.05, 0) is 26.0 Å². The van der Waals surface area contributed by atoms with E-state index in [9.17, 15) is 9.90 Å². The van der Waals surface area contributed by atoms with Crippen molar-refractivity contribution in [3.63, 3.8) is 0 Å². The number of hydrogen-bond donors (Lipinski definition) is 3. The third kappa shape index (κ3) is 2.85. The molecular weight excluding hydrogens is 332 g/mol. The fourth-order valence-corrected chi connectivity index (χ4v) is 2.67. The average molecular weight is 347 g/mol. The predicted molar refractivity (Wildman–Crippen MR) is 91.6 cm³/mol. The molecule has 0 aliphatic heterocycles. The number of carboxylic acid groups (broad SMARTS) is 1. The van der Waals surface area contributed by atoms with Crippen molar-refractivity contribution >= 4 is 40.1 Å². The van der Waals surface area contributed by atoms with E-state index in [0.29, 0.717) is 23.0 Å². The van der Waals surface area contributed by atoms with Crippen molar-refractivity contribution in [1.29, 1.82) is 0 Å². The summed E-state index contributed by atoms with van der Waals surface area (Å²) in [7, 11) is 1.40. The normalized spacial score (nSPS) is 10.8. The Kier molecular flexibility index (Phi) is 4.02. The number of nitrogens with zero attached hydrogens (tertiary/aromatic N) is 2. The minimum Gasteiger partial charge on any atom is -0.496 e. The summed E-state index contributed by atoms with van der Waals surface area (Å²) in [6, 6.07) is 4.81. The van der Waals surface area contributed by atoms with Gasteiger partial charge < -0.3 is 20.1 Å². The van der Waals surface area contributed by atoms with Gasteiger partial charge in [0.15, 0.2) is 0 Å². The van der Waals surface area contributed by atoms with Crippen LogP contribution in [0, 0.1) is 13.8 Å². The third-order valence-electron chi connectivity index (χ3n) is 3.51. The monoisotopic (exact) mass is 346 g/mol. The molecule has 0 radical (unpaired) electrons. The van der Waals surface area contributed by atoms with E-state index in [1.54, 1.807) is 6.92 Å². The van der Waals surface area contributed by atoms with Crippen molar-refractivity contribution in [3.05, 3.63) is 40.3 Å². The molecule has 0 amide bonds. The molecular formula is C16H15ClN4O3. The molecule has 2 aromatic heterocycles. The van der Waals surface area contributed by atoms with Crippen LogP contribution in [0.5, 0.6) is 5.75 Å². The molecule has 0 saturated carbocycles. The Bertz CT molecular complexity index is 952. The minimum atomic E-state index is -1.11. The number of aromatic nitrogens is 3. The number of carboxylic acids is 1. The van der Waals surface area contributed by atoms with Gasteiger partial charge in [-0.25, -0.2) is 14.8 Å². The number of anilines is 2. The number of rotatable bonds is 4. The first-order valence-electron chi connectivity index (χ1n) is 7.11. The minimum absolute atomic E-state index is 0.00504. The van der Waals surface area contributed by atoms with Crippen LogP contribution in [0.4, 0.5) is 11.5 Å². The van der Waals surface area contributed by atoms with E-state index in [1.165, 1.54) is 19.2 Å². The van der Waals surface area contributed by atoms with Crippen molar-refractivity contribution < 1.29 is 14.6 Å². The van der Waals surface area contributed by atoms with Crippen molar-refractivity contribution in [2.24, 2.45) is 0 Å². The second kappa shape index (κ2) is 6.01. The Hall–Kier alpha value is -2.80. The van der Waals surface area contributed by atoms with E-state index in [-0.39, 0.29) is 16.3 Å². The Morgan fingerprint density at radius 3 is 2.71 bits per heavy atom. The lowest BCUT2D eigenvalue weighted by Gasteiger charge is -2.12.